The number of nitrogens with one attached hydrogen (secondary N) is 1. The minimum absolute atomic E-state index is 0.134. The molecule has 5 nitrogen and oxygen atoms in total. The molecule has 0 aromatic heterocycles. The van der Waals surface area contributed by atoms with Crippen LogP contribution in [0, 0.1) is 0 Å². The average Bonchev–Trinajstić information content (AvgIpc) is 2.49. The number of carbonyl (C=O) groups is 1. The van der Waals surface area contributed by atoms with Crippen LogP contribution in [0.1, 0.15) is 6.92 Å². The molecular formula is C16H16ClNO4S. The first-order valence-corrected chi connectivity index (χ1v) is 9.06. The van der Waals surface area contributed by atoms with Crippen molar-refractivity contribution >= 4 is 33.0 Å². The van der Waals surface area contributed by atoms with Crippen molar-refractivity contribution in [2.45, 2.75) is 17.9 Å². The molecule has 0 aliphatic carbocycles. The minimum atomic E-state index is -3.34. The van der Waals surface area contributed by atoms with Gasteiger partial charge in [-0.05, 0) is 37.3 Å². The molecule has 0 heterocycles. The van der Waals surface area contributed by atoms with Gasteiger partial charge in [-0.1, -0.05) is 29.8 Å². The van der Waals surface area contributed by atoms with Gasteiger partial charge in [0.2, 0.25) is 0 Å². The summed E-state index contributed by atoms with van der Waals surface area (Å²) < 4.78 is 28.6. The summed E-state index contributed by atoms with van der Waals surface area (Å²) in [5, 5.41) is 3.03. The van der Waals surface area contributed by atoms with Gasteiger partial charge in [-0.25, -0.2) is 8.42 Å². The smallest absolute Gasteiger partial charge is 0.265 e. The summed E-state index contributed by atoms with van der Waals surface area (Å²) in [6, 6.07) is 12.9. The monoisotopic (exact) mass is 353 g/mol. The molecule has 0 aliphatic heterocycles. The lowest BCUT2D eigenvalue weighted by atomic mass is 10.3. The van der Waals surface area contributed by atoms with Crippen LogP contribution >= 0.6 is 11.6 Å². The first-order chi connectivity index (χ1) is 10.8. The van der Waals surface area contributed by atoms with Gasteiger partial charge < -0.3 is 10.1 Å². The number of anilines is 1. The predicted octanol–water partition coefficient (Wildman–Crippen LogP) is 3.15. The Hall–Kier alpha value is -2.05. The zero-order chi connectivity index (χ0) is 17.0. The molecule has 7 heteroatoms. The third-order valence-corrected chi connectivity index (χ3v) is 4.46. The fraction of sp³-hybridized carbons (Fsp3) is 0.188. The van der Waals surface area contributed by atoms with Crippen molar-refractivity contribution in [1.82, 2.24) is 0 Å². The van der Waals surface area contributed by atoms with Gasteiger partial charge in [0.15, 0.2) is 15.9 Å². The molecule has 23 heavy (non-hydrogen) atoms. The number of carbonyl (C=O) groups excluding carboxylic acids is 1. The summed E-state index contributed by atoms with van der Waals surface area (Å²) in [6.07, 6.45) is 0.314. The lowest BCUT2D eigenvalue weighted by molar-refractivity contribution is -0.122. The van der Waals surface area contributed by atoms with Crippen molar-refractivity contribution < 1.29 is 17.9 Å². The van der Waals surface area contributed by atoms with E-state index in [0.717, 1.165) is 6.26 Å². The fourth-order valence-corrected chi connectivity index (χ4v) is 2.68. The molecule has 1 amide bonds. The van der Waals surface area contributed by atoms with Gasteiger partial charge in [0.05, 0.1) is 9.92 Å². The first-order valence-electron chi connectivity index (χ1n) is 6.79. The number of hydrogen-bond acceptors (Lipinski definition) is 4. The molecule has 0 saturated carbocycles. The van der Waals surface area contributed by atoms with Crippen molar-refractivity contribution in [2.24, 2.45) is 0 Å². The van der Waals surface area contributed by atoms with E-state index in [2.05, 4.69) is 5.32 Å². The Kier molecular flexibility index (Phi) is 5.28. The second-order valence-corrected chi connectivity index (χ2v) is 7.40. The fourth-order valence-electron chi connectivity index (χ4n) is 1.83. The van der Waals surface area contributed by atoms with E-state index in [1.54, 1.807) is 43.3 Å². The lowest BCUT2D eigenvalue weighted by Gasteiger charge is -2.15. The van der Waals surface area contributed by atoms with Crippen LogP contribution in [0.4, 0.5) is 5.69 Å². The summed E-state index contributed by atoms with van der Waals surface area (Å²) in [6.45, 7) is 1.58. The molecule has 0 aliphatic rings. The maximum absolute atomic E-state index is 12.2. The molecule has 122 valence electrons. The predicted molar refractivity (Wildman–Crippen MR) is 89.7 cm³/mol. The van der Waals surface area contributed by atoms with Crippen molar-refractivity contribution in [3.63, 3.8) is 0 Å². The van der Waals surface area contributed by atoms with Gasteiger partial charge >= 0.3 is 0 Å². The van der Waals surface area contributed by atoms with Crippen LogP contribution in [0.2, 0.25) is 5.02 Å². The van der Waals surface area contributed by atoms with Crippen LogP contribution in [0.5, 0.6) is 5.75 Å². The highest BCUT2D eigenvalue weighted by atomic mass is 35.5. The standard InChI is InChI=1S/C16H16ClNO4S/c1-11(22-15-9-4-3-8-14(15)17)16(19)18-12-6-5-7-13(10-12)23(2,20)21/h3-11H,1-2H3,(H,18,19). The number of hydrogen-bond donors (Lipinski definition) is 1. The van der Waals surface area contributed by atoms with Crippen LogP contribution in [0.15, 0.2) is 53.4 Å². The maximum Gasteiger partial charge on any atom is 0.265 e. The van der Waals surface area contributed by atoms with Crippen LogP contribution in [0.25, 0.3) is 0 Å². The summed E-state index contributed by atoms with van der Waals surface area (Å²) in [4.78, 5) is 12.3. The summed E-state index contributed by atoms with van der Waals surface area (Å²) in [5.41, 5.74) is 0.382. The molecule has 0 spiro atoms. The Bertz CT molecular complexity index is 820. The summed E-state index contributed by atoms with van der Waals surface area (Å²) in [5.74, 6) is -0.00252. The van der Waals surface area contributed by atoms with E-state index in [1.807, 2.05) is 0 Å². The van der Waals surface area contributed by atoms with Gasteiger partial charge in [0, 0.05) is 11.9 Å². The van der Waals surface area contributed by atoms with Crippen molar-refractivity contribution in [3.05, 3.63) is 53.6 Å². The van der Waals surface area contributed by atoms with E-state index >= 15 is 0 Å². The maximum atomic E-state index is 12.2. The Morgan fingerprint density at radius 2 is 1.87 bits per heavy atom. The number of amides is 1. The number of ether oxygens (including phenoxy) is 1. The van der Waals surface area contributed by atoms with Crippen LogP contribution in [-0.2, 0) is 14.6 Å². The highest BCUT2D eigenvalue weighted by molar-refractivity contribution is 7.90. The quantitative estimate of drug-likeness (QED) is 0.896. The zero-order valence-electron chi connectivity index (χ0n) is 12.6. The van der Waals surface area contributed by atoms with Crippen LogP contribution in [-0.4, -0.2) is 26.7 Å². The first kappa shape index (κ1) is 17.3. The molecule has 2 aromatic carbocycles. The number of para-hydroxylation sites is 1. The van der Waals surface area contributed by atoms with Gasteiger partial charge in [-0.15, -0.1) is 0 Å². The second kappa shape index (κ2) is 7.02. The highest BCUT2D eigenvalue weighted by Crippen LogP contribution is 2.24. The Morgan fingerprint density at radius 3 is 2.52 bits per heavy atom. The molecule has 0 saturated heterocycles. The Labute approximate surface area is 140 Å². The van der Waals surface area contributed by atoms with Crippen molar-refractivity contribution in [3.8, 4) is 5.75 Å². The van der Waals surface area contributed by atoms with Crippen LogP contribution in [0.3, 0.4) is 0 Å². The van der Waals surface area contributed by atoms with Gasteiger partial charge in [-0.3, -0.25) is 4.79 Å². The molecule has 2 rings (SSSR count). The molecular weight excluding hydrogens is 338 g/mol. The number of benzene rings is 2. The number of sulfone groups is 1. The van der Waals surface area contributed by atoms with Crippen molar-refractivity contribution in [2.75, 3.05) is 11.6 Å². The van der Waals surface area contributed by atoms with Crippen molar-refractivity contribution in [1.29, 1.82) is 0 Å². The third kappa shape index (κ3) is 4.71. The van der Waals surface area contributed by atoms with E-state index in [4.69, 9.17) is 16.3 Å². The van der Waals surface area contributed by atoms with E-state index < -0.39 is 21.8 Å². The summed E-state index contributed by atoms with van der Waals surface area (Å²) in [7, 11) is -3.34. The minimum Gasteiger partial charge on any atom is -0.479 e. The molecule has 1 unspecified atom stereocenters. The SMILES string of the molecule is CC(Oc1ccccc1Cl)C(=O)Nc1cccc(S(C)(=O)=O)c1. The normalized spacial score (nSPS) is 12.5. The van der Waals surface area contributed by atoms with E-state index in [-0.39, 0.29) is 4.90 Å². The van der Waals surface area contributed by atoms with Gasteiger partial charge in [0.1, 0.15) is 5.75 Å². The molecule has 0 bridgehead atoms. The van der Waals surface area contributed by atoms with E-state index in [1.165, 1.54) is 12.1 Å². The second-order valence-electron chi connectivity index (χ2n) is 4.98. The molecule has 0 radical (unpaired) electrons. The van der Waals surface area contributed by atoms with Gasteiger partial charge in [-0.2, -0.15) is 0 Å². The topological polar surface area (TPSA) is 72.5 Å². The third-order valence-electron chi connectivity index (χ3n) is 3.04. The van der Waals surface area contributed by atoms with E-state index in [0.29, 0.717) is 16.5 Å². The van der Waals surface area contributed by atoms with Gasteiger partial charge in [0.25, 0.3) is 5.91 Å². The number of rotatable bonds is 5. The summed E-state index contributed by atoms with van der Waals surface area (Å²) >= 11 is 5.98. The van der Waals surface area contributed by atoms with Crippen LogP contribution < -0.4 is 10.1 Å². The molecule has 2 aromatic rings. The van der Waals surface area contributed by atoms with E-state index in [9.17, 15) is 13.2 Å². The molecule has 1 N–H and O–H groups in total. The molecule has 0 fully saturated rings. The Balaban J connectivity index is 2.08. The Morgan fingerprint density at radius 1 is 1.17 bits per heavy atom. The zero-order valence-corrected chi connectivity index (χ0v) is 14.2. The largest absolute Gasteiger partial charge is 0.479 e. The molecule has 1 atom stereocenters. The lowest BCUT2D eigenvalue weighted by Crippen LogP contribution is -2.30. The average molecular weight is 354 g/mol. The number of halogens is 1. The highest BCUT2D eigenvalue weighted by Gasteiger charge is 2.17.